The second-order valence-electron chi connectivity index (χ2n) is 6.89. The van der Waals surface area contributed by atoms with Crippen molar-refractivity contribution in [2.75, 3.05) is 5.73 Å². The van der Waals surface area contributed by atoms with Crippen LogP contribution in [0.25, 0.3) is 0 Å². The molecule has 0 atom stereocenters. The van der Waals surface area contributed by atoms with Gasteiger partial charge in [0, 0.05) is 0 Å². The predicted molar refractivity (Wildman–Crippen MR) is 78.5 cm³/mol. The lowest BCUT2D eigenvalue weighted by molar-refractivity contribution is -0.384. The summed E-state index contributed by atoms with van der Waals surface area (Å²) in [6.07, 6.45) is 4.23. The molecule has 6 heteroatoms. The maximum Gasteiger partial charge on any atom is 0.333 e. The molecule has 2 N–H and O–H groups in total. The Kier molecular flexibility index (Phi) is 3.75. The quantitative estimate of drug-likeness (QED) is 0.663. The minimum Gasteiger partial charge on any atom is -0.378 e. The number of nitrogen functional groups attached to an aromatic ring is 1. The molecule has 0 radical (unpaired) electrons. The van der Waals surface area contributed by atoms with Crippen molar-refractivity contribution in [2.45, 2.75) is 59.4 Å². The van der Waals surface area contributed by atoms with Gasteiger partial charge < -0.3 is 5.73 Å². The van der Waals surface area contributed by atoms with Crippen molar-refractivity contribution in [1.82, 2.24) is 9.78 Å². The van der Waals surface area contributed by atoms with Crippen LogP contribution in [0.1, 0.15) is 58.2 Å². The van der Waals surface area contributed by atoms with Crippen molar-refractivity contribution in [2.24, 2.45) is 11.3 Å². The number of rotatable bonds is 2. The molecule has 1 aliphatic rings. The second-order valence-corrected chi connectivity index (χ2v) is 6.89. The first kappa shape index (κ1) is 14.8. The SMILES string of the molecule is Cc1nn(C2CCC(C(C)(C)C)CC2)c(N)c1[N+](=O)[O-]. The zero-order valence-corrected chi connectivity index (χ0v) is 12.7. The minimum absolute atomic E-state index is 0.0389. The lowest BCUT2D eigenvalue weighted by Gasteiger charge is -2.37. The highest BCUT2D eigenvalue weighted by Gasteiger charge is 2.33. The maximum atomic E-state index is 11.0. The zero-order valence-electron chi connectivity index (χ0n) is 12.7. The fraction of sp³-hybridized carbons (Fsp3) is 0.786. The highest BCUT2D eigenvalue weighted by molar-refractivity contribution is 5.56. The van der Waals surface area contributed by atoms with E-state index in [9.17, 15) is 10.1 Å². The molecule has 0 spiro atoms. The van der Waals surface area contributed by atoms with Gasteiger partial charge in [0.2, 0.25) is 5.82 Å². The van der Waals surface area contributed by atoms with Crippen LogP contribution in [-0.2, 0) is 0 Å². The maximum absolute atomic E-state index is 11.0. The molecule has 0 bridgehead atoms. The summed E-state index contributed by atoms with van der Waals surface area (Å²) in [5, 5.41) is 15.3. The van der Waals surface area contributed by atoms with Gasteiger partial charge >= 0.3 is 5.69 Å². The van der Waals surface area contributed by atoms with Gasteiger partial charge in [0.05, 0.1) is 11.0 Å². The van der Waals surface area contributed by atoms with E-state index in [0.29, 0.717) is 17.0 Å². The Hall–Kier alpha value is -1.59. The fourth-order valence-electron chi connectivity index (χ4n) is 3.25. The predicted octanol–water partition coefficient (Wildman–Crippen LogP) is 3.46. The topological polar surface area (TPSA) is 87.0 Å². The van der Waals surface area contributed by atoms with Crippen LogP contribution in [0.15, 0.2) is 0 Å². The van der Waals surface area contributed by atoms with Crippen molar-refractivity contribution >= 4 is 11.5 Å². The lowest BCUT2D eigenvalue weighted by Crippen LogP contribution is -2.27. The van der Waals surface area contributed by atoms with Crippen molar-refractivity contribution in [3.8, 4) is 0 Å². The van der Waals surface area contributed by atoms with Crippen LogP contribution in [-0.4, -0.2) is 14.7 Å². The van der Waals surface area contributed by atoms with E-state index in [-0.39, 0.29) is 17.5 Å². The summed E-state index contributed by atoms with van der Waals surface area (Å²) in [5.74, 6) is 0.901. The van der Waals surface area contributed by atoms with Crippen LogP contribution < -0.4 is 5.73 Å². The molecule has 0 aliphatic heterocycles. The van der Waals surface area contributed by atoms with Gasteiger partial charge in [0.15, 0.2) is 0 Å². The molecule has 0 aromatic carbocycles. The summed E-state index contributed by atoms with van der Waals surface area (Å²) >= 11 is 0. The first-order valence-corrected chi connectivity index (χ1v) is 7.20. The zero-order chi connectivity index (χ0) is 15.1. The Balaban J connectivity index is 2.16. The molecule has 1 aliphatic carbocycles. The highest BCUT2D eigenvalue weighted by Crippen LogP contribution is 2.42. The molecule has 2 rings (SSSR count). The molecule has 0 saturated heterocycles. The first-order chi connectivity index (χ1) is 9.21. The van der Waals surface area contributed by atoms with Crippen LogP contribution in [0.3, 0.4) is 0 Å². The molecule has 0 amide bonds. The van der Waals surface area contributed by atoms with Gasteiger partial charge in [0.1, 0.15) is 5.69 Å². The van der Waals surface area contributed by atoms with Crippen LogP contribution in [0, 0.1) is 28.4 Å². The van der Waals surface area contributed by atoms with Gasteiger partial charge in [-0.2, -0.15) is 5.10 Å². The Morgan fingerprint density at radius 1 is 1.30 bits per heavy atom. The summed E-state index contributed by atoms with van der Waals surface area (Å²) in [5.41, 5.74) is 6.61. The fourth-order valence-corrected chi connectivity index (χ4v) is 3.25. The van der Waals surface area contributed by atoms with Crippen LogP contribution in [0.5, 0.6) is 0 Å². The van der Waals surface area contributed by atoms with E-state index < -0.39 is 4.92 Å². The molecule has 6 nitrogen and oxygen atoms in total. The van der Waals surface area contributed by atoms with Gasteiger partial charge in [0.25, 0.3) is 0 Å². The van der Waals surface area contributed by atoms with E-state index in [1.165, 1.54) is 0 Å². The number of aryl methyl sites for hydroxylation is 1. The third-order valence-corrected chi connectivity index (χ3v) is 4.54. The standard InChI is InChI=1S/C14H24N4O2/c1-9-12(18(19)20)13(15)17(16-9)11-7-5-10(6-8-11)14(2,3)4/h10-11H,5-8,15H2,1-4H3. The summed E-state index contributed by atoms with van der Waals surface area (Å²) in [7, 11) is 0. The smallest absolute Gasteiger partial charge is 0.333 e. The van der Waals surface area contributed by atoms with Gasteiger partial charge in [-0.15, -0.1) is 0 Å². The first-order valence-electron chi connectivity index (χ1n) is 7.20. The Morgan fingerprint density at radius 3 is 2.25 bits per heavy atom. The Morgan fingerprint density at radius 2 is 1.85 bits per heavy atom. The molecule has 20 heavy (non-hydrogen) atoms. The number of nitro groups is 1. The lowest BCUT2D eigenvalue weighted by atomic mass is 9.71. The average molecular weight is 280 g/mol. The van der Waals surface area contributed by atoms with Crippen LogP contribution in [0.4, 0.5) is 11.5 Å². The van der Waals surface area contributed by atoms with Gasteiger partial charge in [-0.05, 0) is 43.9 Å². The van der Waals surface area contributed by atoms with Crippen molar-refractivity contribution < 1.29 is 4.92 Å². The van der Waals surface area contributed by atoms with Gasteiger partial charge in [-0.25, -0.2) is 4.68 Å². The van der Waals surface area contributed by atoms with E-state index in [0.717, 1.165) is 25.7 Å². The summed E-state index contributed by atoms with van der Waals surface area (Å²) in [6.45, 7) is 8.46. The van der Waals surface area contributed by atoms with Crippen LogP contribution in [0.2, 0.25) is 0 Å². The summed E-state index contributed by atoms with van der Waals surface area (Å²) in [4.78, 5) is 10.6. The second kappa shape index (κ2) is 5.07. The number of anilines is 1. The van der Waals surface area contributed by atoms with Crippen LogP contribution >= 0.6 is 0 Å². The third kappa shape index (κ3) is 2.64. The van der Waals surface area contributed by atoms with E-state index in [2.05, 4.69) is 25.9 Å². The van der Waals surface area contributed by atoms with E-state index in [1.54, 1.807) is 11.6 Å². The van der Waals surface area contributed by atoms with Crippen molar-refractivity contribution in [3.63, 3.8) is 0 Å². The monoisotopic (exact) mass is 280 g/mol. The number of hydrogen-bond acceptors (Lipinski definition) is 4. The minimum atomic E-state index is -0.436. The molecule has 1 aromatic rings. The molecule has 1 heterocycles. The van der Waals surface area contributed by atoms with E-state index in [4.69, 9.17) is 5.73 Å². The molecule has 1 aromatic heterocycles. The van der Waals surface area contributed by atoms with E-state index in [1.807, 2.05) is 0 Å². The molecule has 1 saturated carbocycles. The summed E-state index contributed by atoms with van der Waals surface area (Å²) in [6, 6.07) is 0.195. The molecule has 1 fully saturated rings. The average Bonchev–Trinajstić information content (AvgIpc) is 2.64. The van der Waals surface area contributed by atoms with Gasteiger partial charge in [-0.1, -0.05) is 20.8 Å². The summed E-state index contributed by atoms with van der Waals surface area (Å²) < 4.78 is 1.67. The highest BCUT2D eigenvalue weighted by atomic mass is 16.6. The molecule has 0 unspecified atom stereocenters. The Bertz CT molecular complexity index is 508. The number of aromatic nitrogens is 2. The van der Waals surface area contributed by atoms with Crippen molar-refractivity contribution in [3.05, 3.63) is 15.8 Å². The van der Waals surface area contributed by atoms with Gasteiger partial charge in [-0.3, -0.25) is 10.1 Å². The number of nitrogens with zero attached hydrogens (tertiary/aromatic N) is 3. The normalized spacial score (nSPS) is 23.8. The van der Waals surface area contributed by atoms with Crippen molar-refractivity contribution in [1.29, 1.82) is 0 Å². The molecule has 112 valence electrons. The Labute approximate surface area is 119 Å². The largest absolute Gasteiger partial charge is 0.378 e. The van der Waals surface area contributed by atoms with E-state index >= 15 is 0 Å². The molecular weight excluding hydrogens is 256 g/mol. The number of hydrogen-bond donors (Lipinski definition) is 1. The third-order valence-electron chi connectivity index (χ3n) is 4.54. The number of nitrogens with two attached hydrogens (primary N) is 1. The molecular formula is C14H24N4O2.